The number of alkyl halides is 1. The van der Waals surface area contributed by atoms with Crippen molar-refractivity contribution in [3.8, 4) is 5.75 Å². The van der Waals surface area contributed by atoms with Gasteiger partial charge in [0.1, 0.15) is 11.9 Å². The Bertz CT molecular complexity index is 630. The first-order chi connectivity index (χ1) is 10.5. The molecule has 1 N–H and O–H groups in total. The lowest BCUT2D eigenvalue weighted by Gasteiger charge is -2.15. The van der Waals surface area contributed by atoms with E-state index in [0.29, 0.717) is 10.2 Å². The van der Waals surface area contributed by atoms with E-state index in [1.807, 2.05) is 17.5 Å². The monoisotopic (exact) mass is 448 g/mol. The normalized spacial score (nSPS) is 13.5. The lowest BCUT2D eigenvalue weighted by molar-refractivity contribution is -0.146. The van der Waals surface area contributed by atoms with E-state index in [-0.39, 0.29) is 6.61 Å². The van der Waals surface area contributed by atoms with Gasteiger partial charge in [-0.05, 0) is 67.9 Å². The third kappa shape index (κ3) is 4.32. The topological polar surface area (TPSA) is 55.8 Å². The van der Waals surface area contributed by atoms with Crippen molar-refractivity contribution >= 4 is 49.2 Å². The van der Waals surface area contributed by atoms with E-state index in [0.717, 1.165) is 10.4 Å². The molecule has 2 unspecified atom stereocenters. The molecular weight excluding hydrogens is 436 g/mol. The molecule has 7 heteroatoms. The minimum absolute atomic E-state index is 0.289. The van der Waals surface area contributed by atoms with Gasteiger partial charge in [-0.2, -0.15) is 0 Å². The van der Waals surface area contributed by atoms with Crippen LogP contribution >= 0.6 is 43.2 Å². The van der Waals surface area contributed by atoms with E-state index in [1.54, 1.807) is 25.1 Å². The summed E-state index contributed by atoms with van der Waals surface area (Å²) in [5.41, 5.74) is 0.740. The molecule has 2 aromatic rings. The molecule has 118 valence electrons. The zero-order chi connectivity index (χ0) is 16.1. The predicted octanol–water partition coefficient (Wildman–Crippen LogP) is 4.26. The van der Waals surface area contributed by atoms with E-state index in [2.05, 4.69) is 31.9 Å². The minimum atomic E-state index is -0.878. The summed E-state index contributed by atoms with van der Waals surface area (Å²) in [6.07, 6.45) is -0.685. The molecule has 0 radical (unpaired) electrons. The van der Waals surface area contributed by atoms with Gasteiger partial charge in [-0.3, -0.25) is 0 Å². The second kappa shape index (κ2) is 8.10. The number of benzene rings is 1. The van der Waals surface area contributed by atoms with Crippen molar-refractivity contribution in [2.45, 2.75) is 18.0 Å². The molecule has 2 rings (SSSR count). The smallest absolute Gasteiger partial charge is 0.358 e. The molecule has 0 saturated heterocycles. The van der Waals surface area contributed by atoms with E-state index < -0.39 is 17.1 Å². The van der Waals surface area contributed by atoms with E-state index in [9.17, 15) is 9.90 Å². The Labute approximate surface area is 149 Å². The van der Waals surface area contributed by atoms with Crippen LogP contribution in [0.3, 0.4) is 0 Å². The van der Waals surface area contributed by atoms with Gasteiger partial charge in [-0.1, -0.05) is 12.1 Å². The minimum Gasteiger partial charge on any atom is -0.466 e. The standard InChI is InChI=1S/C15H14Br2O4S/c1-2-20-15(19)14(17)21-11-6-5-9(8-10(11)16)13(18)12-4-3-7-22-12/h3-8,13-14,18H,2H2,1H3. The highest BCUT2D eigenvalue weighted by Crippen LogP contribution is 2.33. The van der Waals surface area contributed by atoms with Crippen LogP contribution in [0.15, 0.2) is 40.2 Å². The molecule has 0 aliphatic heterocycles. The average molecular weight is 450 g/mol. The van der Waals surface area contributed by atoms with Crippen LogP contribution in [0, 0.1) is 0 Å². The molecule has 0 spiro atoms. The summed E-state index contributed by atoms with van der Waals surface area (Å²) in [7, 11) is 0. The van der Waals surface area contributed by atoms with Crippen LogP contribution in [-0.4, -0.2) is 22.7 Å². The maximum atomic E-state index is 11.5. The molecule has 1 heterocycles. The van der Waals surface area contributed by atoms with Crippen molar-refractivity contribution in [3.05, 3.63) is 50.6 Å². The number of esters is 1. The largest absolute Gasteiger partial charge is 0.466 e. The molecule has 0 saturated carbocycles. The fourth-order valence-electron chi connectivity index (χ4n) is 1.76. The van der Waals surface area contributed by atoms with E-state index in [1.165, 1.54) is 11.3 Å². The predicted molar refractivity (Wildman–Crippen MR) is 92.5 cm³/mol. The van der Waals surface area contributed by atoms with Crippen LogP contribution in [0.4, 0.5) is 0 Å². The summed E-state index contributed by atoms with van der Waals surface area (Å²) in [4.78, 5) is 12.4. The van der Waals surface area contributed by atoms with Gasteiger partial charge >= 0.3 is 5.97 Å². The molecule has 0 bridgehead atoms. The van der Waals surface area contributed by atoms with Gasteiger partial charge in [0.05, 0.1) is 11.1 Å². The Morgan fingerprint density at radius 2 is 2.18 bits per heavy atom. The maximum Gasteiger partial charge on any atom is 0.358 e. The Morgan fingerprint density at radius 1 is 1.41 bits per heavy atom. The molecule has 2 atom stereocenters. The number of hydrogen-bond donors (Lipinski definition) is 1. The van der Waals surface area contributed by atoms with Gasteiger partial charge in [0, 0.05) is 4.88 Å². The number of carbonyl (C=O) groups excluding carboxylic acids is 1. The van der Waals surface area contributed by atoms with Crippen molar-refractivity contribution in [2.75, 3.05) is 6.61 Å². The highest BCUT2D eigenvalue weighted by Gasteiger charge is 2.20. The molecular formula is C15H14Br2O4S. The van der Waals surface area contributed by atoms with Crippen LogP contribution in [0.5, 0.6) is 5.75 Å². The lowest BCUT2D eigenvalue weighted by Crippen LogP contribution is -2.23. The fourth-order valence-corrected chi connectivity index (χ4v) is 3.32. The van der Waals surface area contributed by atoms with Gasteiger partial charge in [0.15, 0.2) is 0 Å². The van der Waals surface area contributed by atoms with Crippen LogP contribution in [0.25, 0.3) is 0 Å². The van der Waals surface area contributed by atoms with Crippen molar-refractivity contribution < 1.29 is 19.4 Å². The molecule has 1 aromatic carbocycles. The summed E-state index contributed by atoms with van der Waals surface area (Å²) < 4.78 is 11.0. The number of rotatable bonds is 6. The first kappa shape index (κ1) is 17.5. The number of aliphatic hydroxyl groups excluding tert-OH is 1. The third-order valence-electron chi connectivity index (χ3n) is 2.79. The van der Waals surface area contributed by atoms with Crippen LogP contribution in [0.1, 0.15) is 23.5 Å². The van der Waals surface area contributed by atoms with Gasteiger partial charge in [-0.25, -0.2) is 4.79 Å². The summed E-state index contributed by atoms with van der Waals surface area (Å²) in [5, 5.41) is 11.3. The van der Waals surface area contributed by atoms with E-state index in [4.69, 9.17) is 9.47 Å². The number of carbonyl (C=O) groups is 1. The van der Waals surface area contributed by atoms with Crippen LogP contribution in [-0.2, 0) is 9.53 Å². The second-order valence-electron chi connectivity index (χ2n) is 4.29. The molecule has 4 nitrogen and oxygen atoms in total. The van der Waals surface area contributed by atoms with Crippen molar-refractivity contribution in [3.63, 3.8) is 0 Å². The first-order valence-corrected chi connectivity index (χ1v) is 9.10. The van der Waals surface area contributed by atoms with Gasteiger partial charge in [0.2, 0.25) is 5.01 Å². The zero-order valence-corrected chi connectivity index (χ0v) is 15.7. The zero-order valence-electron chi connectivity index (χ0n) is 11.7. The fraction of sp³-hybridized carbons (Fsp3) is 0.267. The number of thiophene rings is 1. The lowest BCUT2D eigenvalue weighted by atomic mass is 10.1. The summed E-state index contributed by atoms with van der Waals surface area (Å²) in [6.45, 7) is 2.02. The molecule has 1 aromatic heterocycles. The van der Waals surface area contributed by atoms with E-state index >= 15 is 0 Å². The Hall–Kier alpha value is -0.890. The molecule has 0 amide bonds. The molecule has 0 aliphatic rings. The van der Waals surface area contributed by atoms with Crippen molar-refractivity contribution in [2.24, 2.45) is 0 Å². The Kier molecular flexibility index (Phi) is 6.43. The number of aliphatic hydroxyl groups is 1. The summed E-state index contributed by atoms with van der Waals surface area (Å²) >= 11 is 8.01. The van der Waals surface area contributed by atoms with Crippen LogP contribution < -0.4 is 4.74 Å². The highest BCUT2D eigenvalue weighted by atomic mass is 79.9. The van der Waals surface area contributed by atoms with Crippen molar-refractivity contribution in [1.82, 2.24) is 0 Å². The molecule has 0 aliphatic carbocycles. The Morgan fingerprint density at radius 3 is 2.77 bits per heavy atom. The summed E-state index contributed by atoms with van der Waals surface area (Å²) in [6, 6.07) is 9.00. The van der Waals surface area contributed by atoms with Gasteiger partial charge in [0.25, 0.3) is 0 Å². The number of ether oxygens (including phenoxy) is 2. The van der Waals surface area contributed by atoms with Crippen LogP contribution in [0.2, 0.25) is 0 Å². The third-order valence-corrected chi connectivity index (χ3v) is 4.89. The molecule has 22 heavy (non-hydrogen) atoms. The SMILES string of the molecule is CCOC(=O)C(Br)Oc1ccc(C(O)c2cccs2)cc1Br. The number of hydrogen-bond acceptors (Lipinski definition) is 5. The Balaban J connectivity index is 2.11. The second-order valence-corrected chi connectivity index (χ2v) is 6.96. The average Bonchev–Trinajstić information content (AvgIpc) is 3.03. The first-order valence-electron chi connectivity index (χ1n) is 6.51. The maximum absolute atomic E-state index is 11.5. The highest BCUT2D eigenvalue weighted by molar-refractivity contribution is 9.10. The summed E-state index contributed by atoms with van der Waals surface area (Å²) in [5.74, 6) is -0.00541. The molecule has 0 fully saturated rings. The quantitative estimate of drug-likeness (QED) is 0.528. The number of halogens is 2. The van der Waals surface area contributed by atoms with Gasteiger partial charge < -0.3 is 14.6 Å². The van der Waals surface area contributed by atoms with Crippen molar-refractivity contribution in [1.29, 1.82) is 0 Å². The van der Waals surface area contributed by atoms with Gasteiger partial charge in [-0.15, -0.1) is 11.3 Å².